The molecular formula is C15H11Cl2F2N5O6S. The van der Waals surface area contributed by atoms with Crippen LogP contribution in [0.4, 0.5) is 19.3 Å². The Morgan fingerprint density at radius 2 is 1.81 bits per heavy atom. The predicted octanol–water partition coefficient (Wildman–Crippen LogP) is 2.47. The molecule has 0 spiro atoms. The Morgan fingerprint density at radius 3 is 2.32 bits per heavy atom. The van der Waals surface area contributed by atoms with Gasteiger partial charge in [-0.2, -0.15) is 0 Å². The fourth-order valence-electron chi connectivity index (χ4n) is 1.96. The molecule has 0 unspecified atom stereocenters. The molecule has 166 valence electrons. The summed E-state index contributed by atoms with van der Waals surface area (Å²) in [7, 11) is -4.29. The number of nitrogens with two attached hydrogens (primary N) is 1. The maximum absolute atomic E-state index is 12.3. The predicted molar refractivity (Wildman–Crippen MR) is 105 cm³/mol. The molecule has 0 aliphatic carbocycles. The van der Waals surface area contributed by atoms with E-state index >= 15 is 0 Å². The van der Waals surface area contributed by atoms with Crippen molar-refractivity contribution >= 4 is 56.6 Å². The molecule has 16 heteroatoms. The number of carbonyl (C=O) groups is 2. The number of pyridine rings is 1. The van der Waals surface area contributed by atoms with Crippen molar-refractivity contribution in [3.63, 3.8) is 0 Å². The van der Waals surface area contributed by atoms with Gasteiger partial charge in [-0.3, -0.25) is 15.5 Å². The molecule has 1 heterocycles. The summed E-state index contributed by atoms with van der Waals surface area (Å²) in [6, 6.07) is 1.79. The van der Waals surface area contributed by atoms with Crippen LogP contribution >= 0.6 is 23.2 Å². The molecule has 1 aromatic heterocycles. The molecule has 0 fully saturated rings. The van der Waals surface area contributed by atoms with Crippen LogP contribution in [0.1, 0.15) is 0 Å². The lowest BCUT2D eigenvalue weighted by Gasteiger charge is -2.13. The van der Waals surface area contributed by atoms with Gasteiger partial charge in [-0.05, 0) is 12.1 Å². The van der Waals surface area contributed by atoms with Crippen LogP contribution in [0.15, 0.2) is 29.3 Å². The Morgan fingerprint density at radius 1 is 1.23 bits per heavy atom. The molecule has 0 bridgehead atoms. The second-order valence-electron chi connectivity index (χ2n) is 5.53. The number of urea groups is 1. The van der Waals surface area contributed by atoms with E-state index in [1.54, 1.807) is 0 Å². The van der Waals surface area contributed by atoms with Crippen molar-refractivity contribution in [3.8, 4) is 17.4 Å². The van der Waals surface area contributed by atoms with Crippen LogP contribution in [0.25, 0.3) is 0 Å². The number of nitrogens with zero attached hydrogens (tertiary/aromatic N) is 1. The highest BCUT2D eigenvalue weighted by Gasteiger charge is 2.22. The first-order valence-corrected chi connectivity index (χ1v) is 9.97. The maximum atomic E-state index is 12.3. The summed E-state index contributed by atoms with van der Waals surface area (Å²) in [5.74, 6) is -2.88. The number of rotatable bonds is 6. The van der Waals surface area contributed by atoms with Crippen molar-refractivity contribution in [1.82, 2.24) is 10.3 Å². The third-order valence-corrected chi connectivity index (χ3v) is 4.78. The van der Waals surface area contributed by atoms with Gasteiger partial charge in [-0.1, -0.05) is 23.2 Å². The van der Waals surface area contributed by atoms with Gasteiger partial charge in [0.05, 0.1) is 16.2 Å². The summed E-state index contributed by atoms with van der Waals surface area (Å²) >= 11 is 12.1. The van der Waals surface area contributed by atoms with Crippen LogP contribution < -0.4 is 20.5 Å². The molecule has 2 aromatic rings. The number of alkyl halides is 2. The number of benzene rings is 1. The van der Waals surface area contributed by atoms with Gasteiger partial charge in [0.25, 0.3) is 12.3 Å². The lowest BCUT2D eigenvalue weighted by atomic mass is 10.3. The molecule has 0 saturated carbocycles. The number of hydrogen-bond acceptors (Lipinski definition) is 8. The topological polar surface area (TPSA) is 185 Å². The first-order chi connectivity index (χ1) is 14.3. The van der Waals surface area contributed by atoms with Crippen molar-refractivity contribution < 1.29 is 36.6 Å². The fraction of sp³-hybridized carbons (Fsp3) is 0.0667. The number of primary sulfonamides is 1. The monoisotopic (exact) mass is 497 g/mol. The smallest absolute Gasteiger partial charge is 0.326 e. The third-order valence-electron chi connectivity index (χ3n) is 3.28. The van der Waals surface area contributed by atoms with E-state index in [2.05, 4.69) is 10.3 Å². The highest BCUT2D eigenvalue weighted by Crippen LogP contribution is 2.39. The number of halogens is 4. The second kappa shape index (κ2) is 9.38. The minimum Gasteiger partial charge on any atom is -0.505 e. The molecule has 31 heavy (non-hydrogen) atoms. The second-order valence-corrected chi connectivity index (χ2v) is 7.87. The number of sulfonamides is 1. The van der Waals surface area contributed by atoms with Crippen LogP contribution in [-0.2, 0) is 14.8 Å². The highest BCUT2D eigenvalue weighted by molar-refractivity contribution is 7.89. The lowest BCUT2D eigenvalue weighted by molar-refractivity contribution is -0.114. The zero-order chi connectivity index (χ0) is 23.5. The molecule has 11 nitrogen and oxygen atoms in total. The minimum atomic E-state index is -4.29. The molecule has 0 atom stereocenters. The lowest BCUT2D eigenvalue weighted by Crippen LogP contribution is -2.40. The summed E-state index contributed by atoms with van der Waals surface area (Å²) in [6.45, 7) is 0. The van der Waals surface area contributed by atoms with E-state index in [0.717, 1.165) is 24.4 Å². The summed E-state index contributed by atoms with van der Waals surface area (Å²) in [4.78, 5) is 26.0. The van der Waals surface area contributed by atoms with E-state index < -0.39 is 44.7 Å². The maximum Gasteiger partial charge on any atom is 0.326 e. The zero-order valence-electron chi connectivity index (χ0n) is 14.8. The number of amides is 3. The zero-order valence-corrected chi connectivity index (χ0v) is 17.1. The Bertz CT molecular complexity index is 1160. The van der Waals surface area contributed by atoms with Crippen LogP contribution in [0.3, 0.4) is 0 Å². The summed E-state index contributed by atoms with van der Waals surface area (Å²) < 4.78 is 52.8. The number of hydrogen-bond donors (Lipinski definition) is 5. The van der Waals surface area contributed by atoms with Crippen molar-refractivity contribution in [2.45, 2.75) is 11.3 Å². The standard InChI is InChI=1S/C15H11Cl2F2N5O6S/c16-6-1-5(23-15(27)24-14(26)11(20)13(18)19)2-7(17)12(6)30-10-3-9(31(21,28)29)8(25)4-22-10/h1-4,13,20,25H,(H2,21,28,29)(H2,23,24,26,27). The van der Waals surface area contributed by atoms with Gasteiger partial charge in [0, 0.05) is 11.8 Å². The number of anilines is 1. The van der Waals surface area contributed by atoms with Gasteiger partial charge in [-0.15, -0.1) is 0 Å². The largest absolute Gasteiger partial charge is 0.505 e. The quantitative estimate of drug-likeness (QED) is 0.379. The molecule has 0 aliphatic rings. The molecule has 0 aliphatic heterocycles. The van der Waals surface area contributed by atoms with Gasteiger partial charge in [0.1, 0.15) is 4.90 Å². The number of nitrogens with one attached hydrogen (secondary N) is 3. The summed E-state index contributed by atoms with van der Waals surface area (Å²) in [5.41, 5.74) is -1.68. The van der Waals surface area contributed by atoms with E-state index in [1.165, 1.54) is 5.32 Å². The van der Waals surface area contributed by atoms with Crippen molar-refractivity contribution in [3.05, 3.63) is 34.4 Å². The number of aromatic hydroxyl groups is 1. The molecular weight excluding hydrogens is 487 g/mol. The molecule has 3 amide bonds. The van der Waals surface area contributed by atoms with Crippen LogP contribution in [0.5, 0.6) is 17.4 Å². The number of ether oxygens (including phenoxy) is 1. The van der Waals surface area contributed by atoms with Crippen LogP contribution in [-0.4, -0.2) is 42.6 Å². The molecule has 0 saturated heterocycles. The Kier molecular flexibility index (Phi) is 7.32. The highest BCUT2D eigenvalue weighted by atomic mass is 35.5. The van der Waals surface area contributed by atoms with E-state index in [4.69, 9.17) is 38.5 Å². The van der Waals surface area contributed by atoms with Gasteiger partial charge in [0.2, 0.25) is 15.9 Å². The SMILES string of the molecule is N=C(C(=O)NC(=O)Nc1cc(Cl)c(Oc2cc(S(N)(=O)=O)c(O)cn2)c(Cl)c1)C(F)F. The molecule has 0 radical (unpaired) electrons. The number of imide groups is 1. The van der Waals surface area contributed by atoms with E-state index in [1.807, 2.05) is 0 Å². The Hall–Kier alpha value is -3.07. The van der Waals surface area contributed by atoms with Crippen molar-refractivity contribution in [2.75, 3.05) is 5.32 Å². The first-order valence-electron chi connectivity index (χ1n) is 7.67. The van der Waals surface area contributed by atoms with Gasteiger partial charge >= 0.3 is 6.03 Å². The first kappa shape index (κ1) is 24.2. The van der Waals surface area contributed by atoms with Crippen molar-refractivity contribution in [1.29, 1.82) is 5.41 Å². The number of aromatic nitrogens is 1. The van der Waals surface area contributed by atoms with E-state index in [9.17, 15) is 31.9 Å². The molecule has 2 rings (SSSR count). The minimum absolute atomic E-state index is 0.0832. The number of carbonyl (C=O) groups excluding carboxylic acids is 2. The average Bonchev–Trinajstić information content (AvgIpc) is 2.64. The van der Waals surface area contributed by atoms with Crippen molar-refractivity contribution in [2.24, 2.45) is 5.14 Å². The fourth-order valence-corrected chi connectivity index (χ4v) is 3.13. The van der Waals surface area contributed by atoms with Crippen LogP contribution in [0.2, 0.25) is 10.0 Å². The normalized spacial score (nSPS) is 11.2. The average molecular weight is 498 g/mol. The molecule has 6 N–H and O–H groups in total. The van der Waals surface area contributed by atoms with Gasteiger partial charge in [0.15, 0.2) is 17.2 Å². The van der Waals surface area contributed by atoms with Gasteiger partial charge < -0.3 is 15.2 Å². The summed E-state index contributed by atoms with van der Waals surface area (Å²) in [5, 5.41) is 24.5. The summed E-state index contributed by atoms with van der Waals surface area (Å²) in [6.07, 6.45) is -2.60. The third kappa shape index (κ3) is 6.21. The Balaban J connectivity index is 2.21. The Labute approximate surface area is 182 Å². The van der Waals surface area contributed by atoms with E-state index in [-0.39, 0.29) is 27.4 Å². The van der Waals surface area contributed by atoms with E-state index in [0.29, 0.717) is 0 Å². The molecule has 1 aromatic carbocycles. The van der Waals surface area contributed by atoms with Gasteiger partial charge in [-0.25, -0.2) is 32.1 Å². The van der Waals surface area contributed by atoms with Crippen LogP contribution in [0, 0.1) is 5.41 Å².